The molecule has 142 valence electrons. The van der Waals surface area contributed by atoms with Gasteiger partial charge in [0, 0.05) is 16.9 Å². The maximum Gasteiger partial charge on any atom is 0.323 e. The number of rotatable bonds is 6. The largest absolute Gasteiger partial charge is 0.492 e. The summed E-state index contributed by atoms with van der Waals surface area (Å²) < 4.78 is 5.52. The molecule has 6 nitrogen and oxygen atoms in total. The number of carbonyl (C=O) groups excluding carboxylic acids is 2. The van der Waals surface area contributed by atoms with Gasteiger partial charge in [0.2, 0.25) is 0 Å². The summed E-state index contributed by atoms with van der Waals surface area (Å²) in [7, 11) is 0. The number of nitrogens with one attached hydrogen (secondary N) is 3. The molecule has 0 heterocycles. The van der Waals surface area contributed by atoms with Crippen LogP contribution in [0.4, 0.5) is 21.9 Å². The van der Waals surface area contributed by atoms with Gasteiger partial charge in [0.25, 0.3) is 5.91 Å². The number of urea groups is 1. The smallest absolute Gasteiger partial charge is 0.323 e. The van der Waals surface area contributed by atoms with Crippen LogP contribution in [-0.2, 0) is 0 Å². The van der Waals surface area contributed by atoms with Crippen molar-refractivity contribution in [2.45, 2.75) is 6.92 Å². The topological polar surface area (TPSA) is 79.5 Å². The van der Waals surface area contributed by atoms with Crippen molar-refractivity contribution in [1.29, 1.82) is 0 Å². The van der Waals surface area contributed by atoms with Gasteiger partial charge in [-0.15, -0.1) is 0 Å². The van der Waals surface area contributed by atoms with Crippen LogP contribution in [0.1, 0.15) is 17.3 Å². The molecule has 0 bridgehead atoms. The molecule has 0 atom stereocenters. The summed E-state index contributed by atoms with van der Waals surface area (Å²) >= 11 is 0. The molecule has 0 saturated carbocycles. The van der Waals surface area contributed by atoms with Crippen molar-refractivity contribution < 1.29 is 14.3 Å². The summed E-state index contributed by atoms with van der Waals surface area (Å²) in [6, 6.07) is 22.7. The lowest BCUT2D eigenvalue weighted by molar-refractivity contribution is 0.102. The standard InChI is InChI=1S/C22H21N3O3/c1-2-28-20-11-7-6-10-19(20)25-21(26)16-12-14-18(15-13-16)24-22(27)23-17-8-4-3-5-9-17/h3-15H,2H2,1H3,(H,25,26)(H2,23,24,27). The molecule has 3 aromatic carbocycles. The minimum Gasteiger partial charge on any atom is -0.492 e. The van der Waals surface area contributed by atoms with Crippen molar-refractivity contribution >= 4 is 29.0 Å². The third kappa shape index (κ3) is 5.11. The third-order valence-electron chi connectivity index (χ3n) is 3.87. The molecule has 3 aromatic rings. The first-order chi connectivity index (χ1) is 13.7. The van der Waals surface area contributed by atoms with Gasteiger partial charge in [0.1, 0.15) is 5.75 Å². The van der Waals surface area contributed by atoms with E-state index in [9.17, 15) is 9.59 Å². The van der Waals surface area contributed by atoms with Gasteiger partial charge >= 0.3 is 6.03 Å². The number of amides is 3. The average Bonchev–Trinajstić information content (AvgIpc) is 2.71. The van der Waals surface area contributed by atoms with Crippen LogP contribution in [0, 0.1) is 0 Å². The van der Waals surface area contributed by atoms with E-state index >= 15 is 0 Å². The molecule has 0 aromatic heterocycles. The van der Waals surface area contributed by atoms with Crippen LogP contribution in [0.25, 0.3) is 0 Å². The van der Waals surface area contributed by atoms with Crippen LogP contribution in [0.5, 0.6) is 5.75 Å². The second-order valence-electron chi connectivity index (χ2n) is 5.91. The monoisotopic (exact) mass is 375 g/mol. The molecular weight excluding hydrogens is 354 g/mol. The minimum absolute atomic E-state index is 0.257. The Morgan fingerprint density at radius 1 is 0.750 bits per heavy atom. The van der Waals surface area contributed by atoms with Gasteiger partial charge in [-0.3, -0.25) is 4.79 Å². The van der Waals surface area contributed by atoms with E-state index in [1.165, 1.54) is 0 Å². The minimum atomic E-state index is -0.353. The van der Waals surface area contributed by atoms with Gasteiger partial charge in [-0.1, -0.05) is 30.3 Å². The van der Waals surface area contributed by atoms with Gasteiger partial charge in [0.05, 0.1) is 12.3 Å². The maximum absolute atomic E-state index is 12.5. The van der Waals surface area contributed by atoms with Crippen molar-refractivity contribution in [2.75, 3.05) is 22.6 Å². The highest BCUT2D eigenvalue weighted by Crippen LogP contribution is 2.24. The Morgan fingerprint density at radius 2 is 1.36 bits per heavy atom. The summed E-state index contributed by atoms with van der Waals surface area (Å²) in [6.07, 6.45) is 0. The summed E-state index contributed by atoms with van der Waals surface area (Å²) in [6.45, 7) is 2.40. The molecule has 0 aliphatic rings. The zero-order valence-corrected chi connectivity index (χ0v) is 15.4. The SMILES string of the molecule is CCOc1ccccc1NC(=O)c1ccc(NC(=O)Nc2ccccc2)cc1. The van der Waals surface area contributed by atoms with E-state index in [4.69, 9.17) is 4.74 Å². The molecule has 3 amide bonds. The summed E-state index contributed by atoms with van der Waals surface area (Å²) in [5, 5.41) is 8.31. The Labute approximate surface area is 163 Å². The highest BCUT2D eigenvalue weighted by Gasteiger charge is 2.10. The predicted molar refractivity (Wildman–Crippen MR) is 111 cm³/mol. The van der Waals surface area contributed by atoms with Gasteiger partial charge in [0.15, 0.2) is 0 Å². The van der Waals surface area contributed by atoms with Crippen molar-refractivity contribution in [2.24, 2.45) is 0 Å². The molecule has 0 spiro atoms. The van der Waals surface area contributed by atoms with Crippen molar-refractivity contribution in [3.63, 3.8) is 0 Å². The first-order valence-electron chi connectivity index (χ1n) is 8.92. The number of benzene rings is 3. The fourth-order valence-corrected chi connectivity index (χ4v) is 2.57. The lowest BCUT2D eigenvalue weighted by Gasteiger charge is -2.12. The molecule has 0 fully saturated rings. The number of hydrogen-bond acceptors (Lipinski definition) is 3. The van der Waals surface area contributed by atoms with E-state index < -0.39 is 0 Å². The van der Waals surface area contributed by atoms with Gasteiger partial charge in [-0.2, -0.15) is 0 Å². The molecule has 0 radical (unpaired) electrons. The Hall–Kier alpha value is -3.80. The van der Waals surface area contributed by atoms with E-state index in [-0.39, 0.29) is 11.9 Å². The van der Waals surface area contributed by atoms with Crippen molar-refractivity contribution in [1.82, 2.24) is 0 Å². The predicted octanol–water partition coefficient (Wildman–Crippen LogP) is 4.98. The molecule has 0 unspecified atom stereocenters. The van der Waals surface area contributed by atoms with Gasteiger partial charge in [-0.25, -0.2) is 4.79 Å². The Kier molecular flexibility index (Phi) is 6.25. The molecular formula is C22H21N3O3. The third-order valence-corrected chi connectivity index (χ3v) is 3.87. The van der Waals surface area contributed by atoms with Crippen LogP contribution in [-0.4, -0.2) is 18.5 Å². The van der Waals surface area contributed by atoms with E-state index in [0.29, 0.717) is 35.0 Å². The molecule has 3 N–H and O–H groups in total. The lowest BCUT2D eigenvalue weighted by Crippen LogP contribution is -2.19. The van der Waals surface area contributed by atoms with Crippen molar-refractivity contribution in [3.05, 3.63) is 84.4 Å². The first kappa shape index (κ1) is 19.0. The number of hydrogen-bond donors (Lipinski definition) is 3. The molecule has 28 heavy (non-hydrogen) atoms. The van der Waals surface area contributed by atoms with Crippen LogP contribution >= 0.6 is 0 Å². The van der Waals surface area contributed by atoms with Crippen molar-refractivity contribution in [3.8, 4) is 5.75 Å². The average molecular weight is 375 g/mol. The molecule has 0 aliphatic heterocycles. The Balaban J connectivity index is 1.61. The van der Waals surface area contributed by atoms with E-state index in [1.54, 1.807) is 48.5 Å². The maximum atomic E-state index is 12.5. The second kappa shape index (κ2) is 9.23. The number of para-hydroxylation sites is 3. The van der Waals surface area contributed by atoms with E-state index in [0.717, 1.165) is 0 Å². The summed E-state index contributed by atoms with van der Waals surface area (Å²) in [4.78, 5) is 24.5. The van der Waals surface area contributed by atoms with E-state index in [1.807, 2.05) is 37.3 Å². The van der Waals surface area contributed by atoms with Crippen LogP contribution in [0.2, 0.25) is 0 Å². The Bertz CT molecular complexity index is 941. The Morgan fingerprint density at radius 3 is 2.04 bits per heavy atom. The fraction of sp³-hybridized carbons (Fsp3) is 0.0909. The zero-order valence-electron chi connectivity index (χ0n) is 15.4. The van der Waals surface area contributed by atoms with E-state index in [2.05, 4.69) is 16.0 Å². The first-order valence-corrected chi connectivity index (χ1v) is 8.92. The van der Waals surface area contributed by atoms with Crippen LogP contribution < -0.4 is 20.7 Å². The lowest BCUT2D eigenvalue weighted by atomic mass is 10.2. The van der Waals surface area contributed by atoms with Crippen LogP contribution in [0.15, 0.2) is 78.9 Å². The number of carbonyl (C=O) groups is 2. The van der Waals surface area contributed by atoms with Gasteiger partial charge < -0.3 is 20.7 Å². The highest BCUT2D eigenvalue weighted by molar-refractivity contribution is 6.05. The molecule has 3 rings (SSSR count). The highest BCUT2D eigenvalue weighted by atomic mass is 16.5. The molecule has 0 aliphatic carbocycles. The fourth-order valence-electron chi connectivity index (χ4n) is 2.57. The zero-order chi connectivity index (χ0) is 19.8. The molecule has 6 heteroatoms. The van der Waals surface area contributed by atoms with Crippen LogP contribution in [0.3, 0.4) is 0 Å². The quantitative estimate of drug-likeness (QED) is 0.568. The molecule has 0 saturated heterocycles. The number of ether oxygens (including phenoxy) is 1. The normalized spacial score (nSPS) is 10.0. The number of anilines is 3. The second-order valence-corrected chi connectivity index (χ2v) is 5.91. The summed E-state index contributed by atoms with van der Waals surface area (Å²) in [5.74, 6) is 0.363. The summed E-state index contributed by atoms with van der Waals surface area (Å²) in [5.41, 5.74) is 2.36. The van der Waals surface area contributed by atoms with Gasteiger partial charge in [-0.05, 0) is 55.5 Å².